The number of carboxylic acid groups (broad SMARTS) is 1. The zero-order valence-electron chi connectivity index (χ0n) is 10.6. The maximum Gasteiger partial charge on any atom is 0.316 e. The lowest BCUT2D eigenvalue weighted by atomic mass is 10.3. The van der Waals surface area contributed by atoms with Crippen LogP contribution in [0.3, 0.4) is 0 Å². The van der Waals surface area contributed by atoms with Crippen molar-refractivity contribution >= 4 is 34.0 Å². The molecule has 2 heterocycles. The number of aryl methyl sites for hydroxylation is 1. The number of aromatic nitrogens is 2. The van der Waals surface area contributed by atoms with Gasteiger partial charge in [-0.25, -0.2) is 4.98 Å². The summed E-state index contributed by atoms with van der Waals surface area (Å²) in [5.41, 5.74) is 1.40. The van der Waals surface area contributed by atoms with Crippen LogP contribution in [0, 0.1) is 6.92 Å². The normalized spacial score (nSPS) is 12.7. The van der Waals surface area contributed by atoms with Crippen molar-refractivity contribution < 1.29 is 9.90 Å². The van der Waals surface area contributed by atoms with E-state index in [-0.39, 0.29) is 5.56 Å². The van der Waals surface area contributed by atoms with Crippen LogP contribution in [0.2, 0.25) is 0 Å². The van der Waals surface area contributed by atoms with E-state index in [0.29, 0.717) is 22.8 Å². The molecule has 0 fully saturated rings. The van der Waals surface area contributed by atoms with Crippen molar-refractivity contribution in [3.63, 3.8) is 0 Å². The zero-order chi connectivity index (χ0) is 14.0. The Balaban J connectivity index is 2.22. The average Bonchev–Trinajstić information content (AvgIpc) is 2.72. The van der Waals surface area contributed by atoms with Crippen molar-refractivity contribution in [3.05, 3.63) is 33.2 Å². The second-order valence-corrected chi connectivity index (χ2v) is 6.15. The molecular formula is C12H14N2O3S2. The van der Waals surface area contributed by atoms with Crippen molar-refractivity contribution in [2.75, 3.05) is 0 Å². The third kappa shape index (κ3) is 2.98. The maximum absolute atomic E-state index is 11.9. The predicted molar refractivity (Wildman–Crippen MR) is 77.1 cm³/mol. The smallest absolute Gasteiger partial charge is 0.316 e. The number of nitrogens with zero attached hydrogens (tertiary/aromatic N) is 2. The van der Waals surface area contributed by atoms with Crippen LogP contribution in [-0.2, 0) is 10.5 Å². The fraction of sp³-hybridized carbons (Fsp3) is 0.417. The molecule has 5 nitrogen and oxygen atoms in total. The fourth-order valence-electron chi connectivity index (χ4n) is 1.72. The largest absolute Gasteiger partial charge is 0.480 e. The molecule has 0 spiro atoms. The molecule has 19 heavy (non-hydrogen) atoms. The lowest BCUT2D eigenvalue weighted by Gasteiger charge is -2.08. The summed E-state index contributed by atoms with van der Waals surface area (Å²) >= 11 is 2.72. The Labute approximate surface area is 118 Å². The molecule has 2 aromatic heterocycles. The molecule has 1 N–H and O–H groups in total. The van der Waals surface area contributed by atoms with E-state index < -0.39 is 11.2 Å². The average molecular weight is 298 g/mol. The van der Waals surface area contributed by atoms with Crippen molar-refractivity contribution in [1.29, 1.82) is 0 Å². The highest BCUT2D eigenvalue weighted by Crippen LogP contribution is 2.20. The first-order valence-corrected chi connectivity index (χ1v) is 7.77. The Morgan fingerprint density at radius 3 is 3.00 bits per heavy atom. The first-order chi connectivity index (χ1) is 9.02. The first kappa shape index (κ1) is 14.1. The molecule has 2 rings (SSSR count). The van der Waals surface area contributed by atoms with E-state index in [2.05, 4.69) is 4.98 Å². The molecule has 0 bridgehead atoms. The van der Waals surface area contributed by atoms with Gasteiger partial charge >= 0.3 is 5.97 Å². The Kier molecular flexibility index (Phi) is 4.26. The lowest BCUT2D eigenvalue weighted by molar-refractivity contribution is -0.136. The fourth-order valence-corrected chi connectivity index (χ4v) is 3.51. The van der Waals surface area contributed by atoms with Gasteiger partial charge in [-0.1, -0.05) is 6.92 Å². The highest BCUT2D eigenvalue weighted by atomic mass is 32.2. The van der Waals surface area contributed by atoms with Gasteiger partial charge in [0.15, 0.2) is 4.96 Å². The van der Waals surface area contributed by atoms with E-state index in [0.717, 1.165) is 5.69 Å². The number of carboxylic acids is 1. The summed E-state index contributed by atoms with van der Waals surface area (Å²) in [7, 11) is 0. The summed E-state index contributed by atoms with van der Waals surface area (Å²) < 4.78 is 1.56. The molecule has 0 aliphatic rings. The second kappa shape index (κ2) is 5.75. The van der Waals surface area contributed by atoms with Crippen LogP contribution in [0.5, 0.6) is 0 Å². The maximum atomic E-state index is 11.9. The molecule has 0 saturated carbocycles. The van der Waals surface area contributed by atoms with Crippen molar-refractivity contribution in [2.24, 2.45) is 0 Å². The van der Waals surface area contributed by atoms with Crippen LogP contribution >= 0.6 is 23.1 Å². The highest BCUT2D eigenvalue weighted by molar-refractivity contribution is 7.99. The van der Waals surface area contributed by atoms with E-state index in [1.54, 1.807) is 4.40 Å². The predicted octanol–water partition coefficient (Wildman–Crippen LogP) is 2.16. The Morgan fingerprint density at radius 1 is 1.63 bits per heavy atom. The number of aliphatic carboxylic acids is 1. The van der Waals surface area contributed by atoms with Gasteiger partial charge in [-0.15, -0.1) is 23.1 Å². The highest BCUT2D eigenvalue weighted by Gasteiger charge is 2.16. The van der Waals surface area contributed by atoms with Crippen LogP contribution < -0.4 is 5.56 Å². The van der Waals surface area contributed by atoms with Gasteiger partial charge in [0.2, 0.25) is 0 Å². The molecule has 7 heteroatoms. The molecule has 0 aliphatic carbocycles. The monoisotopic (exact) mass is 298 g/mol. The van der Waals surface area contributed by atoms with Crippen molar-refractivity contribution in [3.8, 4) is 0 Å². The summed E-state index contributed by atoms with van der Waals surface area (Å²) in [6, 6.07) is 1.48. The number of thiazole rings is 1. The van der Waals surface area contributed by atoms with Gasteiger partial charge in [-0.3, -0.25) is 14.0 Å². The van der Waals surface area contributed by atoms with E-state index in [4.69, 9.17) is 5.11 Å². The van der Waals surface area contributed by atoms with Gasteiger partial charge < -0.3 is 5.11 Å². The van der Waals surface area contributed by atoms with Crippen LogP contribution in [0.4, 0.5) is 0 Å². The lowest BCUT2D eigenvalue weighted by Crippen LogP contribution is -2.17. The van der Waals surface area contributed by atoms with E-state index >= 15 is 0 Å². The van der Waals surface area contributed by atoms with Crippen LogP contribution in [0.25, 0.3) is 4.96 Å². The minimum Gasteiger partial charge on any atom is -0.480 e. The van der Waals surface area contributed by atoms with Gasteiger partial charge in [-0.05, 0) is 13.3 Å². The molecule has 102 valence electrons. The number of hydrogen-bond acceptors (Lipinski definition) is 5. The molecule has 1 atom stereocenters. The SMILES string of the molecule is CCC(SCc1cc(=O)n2c(C)csc2n1)C(=O)O. The number of carbonyl (C=O) groups is 1. The molecule has 0 amide bonds. The Morgan fingerprint density at radius 2 is 2.37 bits per heavy atom. The topological polar surface area (TPSA) is 71.7 Å². The molecule has 2 aromatic rings. The summed E-state index contributed by atoms with van der Waals surface area (Å²) in [5, 5.41) is 10.4. The Hall–Kier alpha value is -1.34. The van der Waals surface area contributed by atoms with Crippen LogP contribution in [-0.4, -0.2) is 25.7 Å². The number of fused-ring (bicyclic) bond motifs is 1. The minimum atomic E-state index is -0.822. The molecule has 0 aliphatic heterocycles. The van der Waals surface area contributed by atoms with Gasteiger partial charge in [0.05, 0.1) is 5.69 Å². The van der Waals surface area contributed by atoms with E-state index in [9.17, 15) is 9.59 Å². The summed E-state index contributed by atoms with van der Waals surface area (Å²) in [6.07, 6.45) is 0.555. The van der Waals surface area contributed by atoms with Crippen molar-refractivity contribution in [2.45, 2.75) is 31.3 Å². The van der Waals surface area contributed by atoms with E-state index in [1.807, 2.05) is 19.2 Å². The molecular weight excluding hydrogens is 284 g/mol. The van der Waals surface area contributed by atoms with Gasteiger partial charge in [0.25, 0.3) is 5.56 Å². The standard InChI is InChI=1S/C12H14N2O3S2/c1-3-9(11(16)17)18-6-8-4-10(15)14-7(2)5-19-12(14)13-8/h4-5,9H,3,6H2,1-2H3,(H,16,17). The third-order valence-corrected chi connectivity index (χ3v) is 5.05. The summed E-state index contributed by atoms with van der Waals surface area (Å²) in [5.74, 6) is -0.384. The zero-order valence-corrected chi connectivity index (χ0v) is 12.3. The minimum absolute atomic E-state index is 0.109. The van der Waals surface area contributed by atoms with Crippen LogP contribution in [0.15, 0.2) is 16.2 Å². The number of thioether (sulfide) groups is 1. The molecule has 0 saturated heterocycles. The third-order valence-electron chi connectivity index (χ3n) is 2.71. The quantitative estimate of drug-likeness (QED) is 0.916. The van der Waals surface area contributed by atoms with Crippen molar-refractivity contribution in [1.82, 2.24) is 9.38 Å². The first-order valence-electron chi connectivity index (χ1n) is 5.84. The number of hydrogen-bond donors (Lipinski definition) is 1. The summed E-state index contributed by atoms with van der Waals surface area (Å²) in [4.78, 5) is 27.9. The van der Waals surface area contributed by atoms with Gasteiger partial charge in [-0.2, -0.15) is 0 Å². The molecule has 1 unspecified atom stereocenters. The van der Waals surface area contributed by atoms with Gasteiger partial charge in [0, 0.05) is 22.9 Å². The Bertz CT molecular complexity index is 663. The molecule has 0 aromatic carbocycles. The molecule has 0 radical (unpaired) electrons. The number of rotatable bonds is 5. The van der Waals surface area contributed by atoms with Gasteiger partial charge in [0.1, 0.15) is 5.25 Å². The van der Waals surface area contributed by atoms with Crippen LogP contribution in [0.1, 0.15) is 24.7 Å². The second-order valence-electron chi connectivity index (χ2n) is 4.13. The summed E-state index contributed by atoms with van der Waals surface area (Å²) in [6.45, 7) is 3.69. The van der Waals surface area contributed by atoms with E-state index in [1.165, 1.54) is 29.2 Å².